The molecule has 0 spiro atoms. The molecule has 0 saturated heterocycles. The van der Waals surface area contributed by atoms with Crippen LogP contribution in [0.5, 0.6) is 0 Å². The van der Waals surface area contributed by atoms with Gasteiger partial charge in [0.2, 0.25) is 5.91 Å². The highest BCUT2D eigenvalue weighted by atomic mass is 16.6. The number of carbonyl (C=O) groups excluding carboxylic acids is 2. The second-order valence-electron chi connectivity index (χ2n) is 7.91. The molecule has 5 heteroatoms. The van der Waals surface area contributed by atoms with E-state index in [-0.39, 0.29) is 24.1 Å². The van der Waals surface area contributed by atoms with Crippen LogP contribution in [0.15, 0.2) is 0 Å². The van der Waals surface area contributed by atoms with Crippen molar-refractivity contribution in [3.05, 3.63) is 0 Å². The number of hydrogen-bond donors (Lipinski definition) is 1. The summed E-state index contributed by atoms with van der Waals surface area (Å²) in [6.45, 7) is 10.5. The predicted octanol–water partition coefficient (Wildman–Crippen LogP) is 3.06. The molecular formula is C19H33NO4. The zero-order valence-electron chi connectivity index (χ0n) is 15.8. The smallest absolute Gasteiger partial charge is 0.334 e. The van der Waals surface area contributed by atoms with Crippen molar-refractivity contribution >= 4 is 11.9 Å². The largest absolute Gasteiger partial charge is 0.460 e. The summed E-state index contributed by atoms with van der Waals surface area (Å²) in [5.41, 5.74) is -0.996. The third-order valence-corrected chi connectivity index (χ3v) is 5.70. The molecule has 1 amide bonds. The molecule has 2 rings (SSSR count). The van der Waals surface area contributed by atoms with E-state index in [0.717, 1.165) is 19.3 Å². The van der Waals surface area contributed by atoms with E-state index in [0.29, 0.717) is 30.8 Å². The van der Waals surface area contributed by atoms with Crippen molar-refractivity contribution < 1.29 is 19.1 Å². The maximum atomic E-state index is 13.0. The highest BCUT2D eigenvalue weighted by Gasteiger charge is 2.56. The molecule has 5 atom stereocenters. The van der Waals surface area contributed by atoms with Gasteiger partial charge in [0, 0.05) is 13.5 Å². The number of ether oxygens (including phenoxy) is 2. The zero-order valence-corrected chi connectivity index (χ0v) is 15.8. The molecule has 2 aliphatic carbocycles. The molecule has 5 nitrogen and oxygen atoms in total. The first-order valence-corrected chi connectivity index (χ1v) is 9.41. The fourth-order valence-electron chi connectivity index (χ4n) is 4.21. The van der Waals surface area contributed by atoms with E-state index in [1.807, 2.05) is 6.92 Å². The lowest BCUT2D eigenvalue weighted by molar-refractivity contribution is -0.183. The molecule has 2 aliphatic rings. The van der Waals surface area contributed by atoms with Gasteiger partial charge < -0.3 is 14.8 Å². The molecule has 24 heavy (non-hydrogen) atoms. The molecule has 0 heterocycles. The first-order valence-electron chi connectivity index (χ1n) is 9.41. The Morgan fingerprint density at radius 1 is 1.25 bits per heavy atom. The van der Waals surface area contributed by atoms with Crippen LogP contribution in [0.2, 0.25) is 0 Å². The van der Waals surface area contributed by atoms with Gasteiger partial charge in [0.05, 0.1) is 6.10 Å². The molecule has 0 aromatic rings. The van der Waals surface area contributed by atoms with Crippen molar-refractivity contribution in [2.45, 2.75) is 84.5 Å². The summed E-state index contributed by atoms with van der Waals surface area (Å²) in [6, 6.07) is 0. The van der Waals surface area contributed by atoms with Crippen LogP contribution in [0.4, 0.5) is 0 Å². The van der Waals surface area contributed by atoms with Crippen LogP contribution in [0.25, 0.3) is 0 Å². The standard InChI is InChI=1S/C19H33NO4/c1-6-23-17-9-10-19(17,20-14(5)21)18(22)24-16-11-13(4)7-8-15(16)12(2)3/h12-13,15-17H,6-11H2,1-5H3,(H,20,21)/t13-,15+,16-,17+,19+/m1/s1. The van der Waals surface area contributed by atoms with Gasteiger partial charge in [0.25, 0.3) is 0 Å². The van der Waals surface area contributed by atoms with Crippen LogP contribution in [0, 0.1) is 17.8 Å². The average Bonchev–Trinajstić information content (AvgIpc) is 2.48. The first kappa shape index (κ1) is 19.2. The van der Waals surface area contributed by atoms with Gasteiger partial charge in [0.15, 0.2) is 5.54 Å². The summed E-state index contributed by atoms with van der Waals surface area (Å²) >= 11 is 0. The number of carbonyl (C=O) groups is 2. The highest BCUT2D eigenvalue weighted by molar-refractivity contribution is 5.89. The quantitative estimate of drug-likeness (QED) is 0.755. The topological polar surface area (TPSA) is 64.6 Å². The Bertz CT molecular complexity index is 464. The van der Waals surface area contributed by atoms with E-state index < -0.39 is 5.54 Å². The van der Waals surface area contributed by atoms with Crippen LogP contribution in [0.1, 0.15) is 66.7 Å². The van der Waals surface area contributed by atoms with Gasteiger partial charge >= 0.3 is 5.97 Å². The molecule has 138 valence electrons. The molecule has 1 N–H and O–H groups in total. The predicted molar refractivity (Wildman–Crippen MR) is 92.4 cm³/mol. The Labute approximate surface area is 145 Å². The molecule has 2 saturated carbocycles. The third kappa shape index (κ3) is 3.93. The van der Waals surface area contributed by atoms with Crippen LogP contribution < -0.4 is 5.32 Å². The van der Waals surface area contributed by atoms with Gasteiger partial charge in [-0.2, -0.15) is 0 Å². The molecule has 2 fully saturated rings. The lowest BCUT2D eigenvalue weighted by Gasteiger charge is -2.48. The third-order valence-electron chi connectivity index (χ3n) is 5.70. The summed E-state index contributed by atoms with van der Waals surface area (Å²) in [4.78, 5) is 24.6. The zero-order chi connectivity index (χ0) is 17.9. The van der Waals surface area contributed by atoms with Crippen LogP contribution >= 0.6 is 0 Å². The van der Waals surface area contributed by atoms with E-state index in [2.05, 4.69) is 26.1 Å². The summed E-state index contributed by atoms with van der Waals surface area (Å²) in [7, 11) is 0. The van der Waals surface area contributed by atoms with Crippen LogP contribution in [-0.4, -0.2) is 36.2 Å². The summed E-state index contributed by atoms with van der Waals surface area (Å²) in [6.07, 6.45) is 4.22. The lowest BCUT2D eigenvalue weighted by Crippen LogP contribution is -2.69. The SMILES string of the molecule is CCO[C@H]1CC[C@@]1(NC(C)=O)C(=O)O[C@@H]1C[C@H](C)CC[C@H]1C(C)C. The number of rotatable bonds is 6. The maximum Gasteiger partial charge on any atom is 0.334 e. The Morgan fingerprint density at radius 2 is 1.96 bits per heavy atom. The normalized spacial score (nSPS) is 36.1. The second-order valence-corrected chi connectivity index (χ2v) is 7.91. The van der Waals surface area contributed by atoms with E-state index in [9.17, 15) is 9.59 Å². The molecule has 0 aliphatic heterocycles. The lowest BCUT2D eigenvalue weighted by atomic mass is 9.72. The minimum atomic E-state index is -0.996. The summed E-state index contributed by atoms with van der Waals surface area (Å²) in [5.74, 6) is 0.917. The maximum absolute atomic E-state index is 13.0. The van der Waals surface area contributed by atoms with Crippen molar-refractivity contribution in [1.29, 1.82) is 0 Å². The Balaban J connectivity index is 2.12. The fraction of sp³-hybridized carbons (Fsp3) is 0.895. The van der Waals surface area contributed by atoms with Crippen molar-refractivity contribution in [2.24, 2.45) is 17.8 Å². The van der Waals surface area contributed by atoms with Gasteiger partial charge in [-0.05, 0) is 50.4 Å². The highest BCUT2D eigenvalue weighted by Crippen LogP contribution is 2.40. The second kappa shape index (κ2) is 7.85. The number of nitrogens with one attached hydrogen (secondary N) is 1. The Kier molecular flexibility index (Phi) is 6.29. The molecular weight excluding hydrogens is 306 g/mol. The van der Waals surface area contributed by atoms with Gasteiger partial charge in [-0.15, -0.1) is 0 Å². The van der Waals surface area contributed by atoms with E-state index in [1.54, 1.807) is 0 Å². The van der Waals surface area contributed by atoms with Gasteiger partial charge in [-0.1, -0.05) is 27.2 Å². The first-order chi connectivity index (χ1) is 11.3. The number of esters is 1. The summed E-state index contributed by atoms with van der Waals surface area (Å²) in [5, 5.41) is 2.83. The molecule has 0 radical (unpaired) electrons. The summed E-state index contributed by atoms with van der Waals surface area (Å²) < 4.78 is 11.7. The van der Waals surface area contributed by atoms with Crippen molar-refractivity contribution in [3.63, 3.8) is 0 Å². The molecule has 0 bridgehead atoms. The minimum absolute atomic E-state index is 0.0604. The van der Waals surface area contributed by atoms with Gasteiger partial charge in [0.1, 0.15) is 6.10 Å². The van der Waals surface area contributed by atoms with Crippen molar-refractivity contribution in [1.82, 2.24) is 5.32 Å². The molecule has 0 aromatic heterocycles. The molecule has 0 unspecified atom stereocenters. The average molecular weight is 339 g/mol. The number of hydrogen-bond acceptors (Lipinski definition) is 4. The van der Waals surface area contributed by atoms with E-state index in [4.69, 9.17) is 9.47 Å². The van der Waals surface area contributed by atoms with E-state index >= 15 is 0 Å². The number of amides is 1. The Hall–Kier alpha value is -1.10. The Morgan fingerprint density at radius 3 is 2.46 bits per heavy atom. The minimum Gasteiger partial charge on any atom is -0.460 e. The van der Waals surface area contributed by atoms with Crippen molar-refractivity contribution in [3.8, 4) is 0 Å². The molecule has 0 aromatic carbocycles. The fourth-order valence-corrected chi connectivity index (χ4v) is 4.21. The van der Waals surface area contributed by atoms with Crippen LogP contribution in [0.3, 0.4) is 0 Å². The van der Waals surface area contributed by atoms with Gasteiger partial charge in [-0.3, -0.25) is 4.79 Å². The van der Waals surface area contributed by atoms with Gasteiger partial charge in [-0.25, -0.2) is 4.79 Å². The van der Waals surface area contributed by atoms with Crippen molar-refractivity contribution in [2.75, 3.05) is 6.61 Å². The van der Waals surface area contributed by atoms with Crippen LogP contribution in [-0.2, 0) is 19.1 Å². The van der Waals surface area contributed by atoms with E-state index in [1.165, 1.54) is 13.3 Å². The monoisotopic (exact) mass is 339 g/mol.